The van der Waals surface area contributed by atoms with Gasteiger partial charge in [0.2, 0.25) is 0 Å². The molecule has 3 heterocycles. The van der Waals surface area contributed by atoms with Crippen LogP contribution in [0.15, 0.2) is 195 Å². The van der Waals surface area contributed by atoms with Crippen LogP contribution in [0.1, 0.15) is 11.1 Å². The van der Waals surface area contributed by atoms with Crippen LogP contribution in [-0.2, 0) is 0 Å². The molecule has 0 bridgehead atoms. The number of fused-ring (bicyclic) bond motifs is 11. The van der Waals surface area contributed by atoms with Gasteiger partial charge in [-0.1, -0.05) is 121 Å². The molecule has 0 saturated carbocycles. The summed E-state index contributed by atoms with van der Waals surface area (Å²) < 4.78 is 20.5. The summed E-state index contributed by atoms with van der Waals surface area (Å²) in [5.74, 6) is 0. The van der Waals surface area contributed by atoms with E-state index in [-0.39, 0.29) is 0 Å². The first-order valence-corrected chi connectivity index (χ1v) is 20.0. The number of nitrogens with zero attached hydrogens (tertiary/aromatic N) is 2. The van der Waals surface area contributed by atoms with Crippen LogP contribution in [0.5, 0.6) is 0 Å². The fraction of sp³-hybridized carbons (Fsp3) is 0.0370. The van der Waals surface area contributed by atoms with E-state index in [1.54, 1.807) is 0 Å². The number of furan rings is 3. The Kier molecular flexibility index (Phi) is 7.29. The van der Waals surface area contributed by atoms with Crippen LogP contribution >= 0.6 is 0 Å². The highest BCUT2D eigenvalue weighted by atomic mass is 16.3. The smallest absolute Gasteiger partial charge is 0.159 e. The topological polar surface area (TPSA) is 45.9 Å². The Balaban J connectivity index is 1.09. The molecule has 0 spiro atoms. The molecule has 5 nitrogen and oxygen atoms in total. The molecule has 5 heteroatoms. The van der Waals surface area contributed by atoms with Crippen LogP contribution in [0.3, 0.4) is 0 Å². The van der Waals surface area contributed by atoms with Crippen molar-refractivity contribution in [2.24, 2.45) is 0 Å². The summed E-state index contributed by atoms with van der Waals surface area (Å²) in [6.45, 7) is 4.20. The van der Waals surface area contributed by atoms with Crippen molar-refractivity contribution in [3.63, 3.8) is 0 Å². The van der Waals surface area contributed by atoms with Crippen molar-refractivity contribution in [2.45, 2.75) is 13.8 Å². The Bertz CT molecular complexity index is 3600. The van der Waals surface area contributed by atoms with Crippen LogP contribution in [0.2, 0.25) is 0 Å². The number of rotatable bonds is 6. The SMILES string of the molecule is Cc1cccc2c1oc1c(N(c3ccccc3)c3ccc4c(c3)oc3cc(N(c5ccccc5)c5cccc6c5oc5c(C)cccc56)c5ccccc5c34)cccc12. The van der Waals surface area contributed by atoms with Crippen LogP contribution in [0, 0.1) is 13.8 Å². The van der Waals surface area contributed by atoms with E-state index < -0.39 is 0 Å². The fourth-order valence-corrected chi connectivity index (χ4v) is 9.17. The normalized spacial score (nSPS) is 11.9. The zero-order chi connectivity index (χ0) is 39.2. The standard InChI is InChI=1S/C54H36N2O3/c1-33-15-11-23-40-42-25-13-27-45(53(42)58-51(33)40)55(35-17-5-3-6-18-35)37-29-30-44-48(31-37)57-49-32-47(38-21-9-10-22-39(38)50(44)49)56(36-19-7-4-8-20-36)46-28-14-26-43-41-24-12-16-34(2)52(41)59-54(43)46/h3-32H,1-2H3. The quantitative estimate of drug-likeness (QED) is 0.169. The van der Waals surface area contributed by atoms with E-state index in [9.17, 15) is 0 Å². The van der Waals surface area contributed by atoms with E-state index in [1.807, 2.05) is 6.07 Å². The summed E-state index contributed by atoms with van der Waals surface area (Å²) in [4.78, 5) is 4.58. The molecule has 0 fully saturated rings. The predicted molar refractivity (Wildman–Crippen MR) is 245 cm³/mol. The van der Waals surface area contributed by atoms with Gasteiger partial charge in [-0.2, -0.15) is 0 Å². The molecule has 12 aromatic rings. The van der Waals surface area contributed by atoms with Gasteiger partial charge in [-0.3, -0.25) is 0 Å². The van der Waals surface area contributed by atoms with Crippen LogP contribution in [-0.4, -0.2) is 0 Å². The monoisotopic (exact) mass is 760 g/mol. The second-order valence-electron chi connectivity index (χ2n) is 15.4. The minimum absolute atomic E-state index is 0.800. The van der Waals surface area contributed by atoms with Gasteiger partial charge in [0, 0.05) is 61.2 Å². The lowest BCUT2D eigenvalue weighted by Crippen LogP contribution is -2.10. The molecular weight excluding hydrogens is 725 g/mol. The van der Waals surface area contributed by atoms with Gasteiger partial charge in [0.25, 0.3) is 0 Å². The van der Waals surface area contributed by atoms with Crippen molar-refractivity contribution < 1.29 is 13.3 Å². The van der Waals surface area contributed by atoms with E-state index in [0.29, 0.717) is 0 Å². The zero-order valence-electron chi connectivity index (χ0n) is 32.4. The lowest BCUT2D eigenvalue weighted by Gasteiger charge is -2.27. The molecule has 0 amide bonds. The maximum atomic E-state index is 6.99. The molecule has 0 atom stereocenters. The summed E-state index contributed by atoms with van der Waals surface area (Å²) in [5, 5.41) is 8.75. The number of aryl methyl sites for hydroxylation is 2. The van der Waals surface area contributed by atoms with E-state index in [1.165, 1.54) is 0 Å². The largest absolute Gasteiger partial charge is 0.456 e. The minimum Gasteiger partial charge on any atom is -0.456 e. The fourth-order valence-electron chi connectivity index (χ4n) is 9.17. The van der Waals surface area contributed by atoms with Gasteiger partial charge < -0.3 is 23.1 Å². The Morgan fingerprint density at radius 3 is 1.41 bits per heavy atom. The van der Waals surface area contributed by atoms with Gasteiger partial charge in [0.1, 0.15) is 22.3 Å². The lowest BCUT2D eigenvalue weighted by atomic mass is 10.00. The average Bonchev–Trinajstić information content (AvgIpc) is 3.98. The van der Waals surface area contributed by atoms with Crippen molar-refractivity contribution in [2.75, 3.05) is 9.80 Å². The van der Waals surface area contributed by atoms with Gasteiger partial charge in [-0.05, 0) is 78.9 Å². The molecule has 9 aromatic carbocycles. The number of benzene rings is 9. The first-order chi connectivity index (χ1) is 29.1. The summed E-state index contributed by atoms with van der Waals surface area (Å²) in [7, 11) is 0. The number of anilines is 6. The average molecular weight is 761 g/mol. The van der Waals surface area contributed by atoms with Crippen molar-refractivity contribution in [3.05, 3.63) is 193 Å². The highest BCUT2D eigenvalue weighted by molar-refractivity contribution is 6.23. The molecule has 0 saturated heterocycles. The second kappa shape index (κ2) is 12.9. The van der Waals surface area contributed by atoms with Crippen LogP contribution in [0.25, 0.3) is 76.6 Å². The Labute approximate surface area is 339 Å². The third-order valence-electron chi connectivity index (χ3n) is 11.9. The molecule has 12 rings (SSSR count). The molecule has 59 heavy (non-hydrogen) atoms. The molecule has 0 aliphatic carbocycles. The Morgan fingerprint density at radius 2 is 0.797 bits per heavy atom. The molecule has 3 aromatic heterocycles. The van der Waals surface area contributed by atoms with Crippen molar-refractivity contribution in [3.8, 4) is 0 Å². The van der Waals surface area contributed by atoms with Crippen molar-refractivity contribution in [1.82, 2.24) is 0 Å². The number of para-hydroxylation sites is 6. The Morgan fingerprint density at radius 1 is 0.305 bits per heavy atom. The van der Waals surface area contributed by atoms with Crippen molar-refractivity contribution >= 4 is 111 Å². The highest BCUT2D eigenvalue weighted by Crippen LogP contribution is 2.49. The van der Waals surface area contributed by atoms with E-state index in [2.05, 4.69) is 200 Å². The molecule has 0 N–H and O–H groups in total. The third kappa shape index (κ3) is 5.04. The van der Waals surface area contributed by atoms with Gasteiger partial charge in [-0.15, -0.1) is 0 Å². The van der Waals surface area contributed by atoms with Crippen molar-refractivity contribution in [1.29, 1.82) is 0 Å². The summed E-state index contributed by atoms with van der Waals surface area (Å²) >= 11 is 0. The molecule has 280 valence electrons. The van der Waals surface area contributed by atoms with E-state index in [4.69, 9.17) is 13.3 Å². The lowest BCUT2D eigenvalue weighted by molar-refractivity contribution is 0.665. The molecule has 0 aliphatic rings. The predicted octanol–water partition coefficient (Wildman–Crippen LogP) is 16.1. The van der Waals surface area contributed by atoms with Gasteiger partial charge in [0.15, 0.2) is 11.2 Å². The zero-order valence-corrected chi connectivity index (χ0v) is 32.4. The highest BCUT2D eigenvalue weighted by Gasteiger charge is 2.25. The summed E-state index contributed by atoms with van der Waals surface area (Å²) in [5.41, 5.74) is 13.3. The minimum atomic E-state index is 0.800. The second-order valence-corrected chi connectivity index (χ2v) is 15.4. The summed E-state index contributed by atoms with van der Waals surface area (Å²) in [6.07, 6.45) is 0. The number of hydrogen-bond donors (Lipinski definition) is 0. The van der Waals surface area contributed by atoms with Gasteiger partial charge in [0.05, 0.1) is 22.7 Å². The molecule has 0 unspecified atom stereocenters. The first-order valence-electron chi connectivity index (χ1n) is 20.0. The maximum Gasteiger partial charge on any atom is 0.159 e. The molecular formula is C54H36N2O3. The van der Waals surface area contributed by atoms with Crippen LogP contribution < -0.4 is 9.80 Å². The van der Waals surface area contributed by atoms with E-state index in [0.717, 1.165) is 122 Å². The van der Waals surface area contributed by atoms with Crippen LogP contribution in [0.4, 0.5) is 34.1 Å². The molecule has 0 aliphatic heterocycles. The van der Waals surface area contributed by atoms with E-state index >= 15 is 0 Å². The maximum absolute atomic E-state index is 6.99. The third-order valence-corrected chi connectivity index (χ3v) is 11.9. The number of hydrogen-bond acceptors (Lipinski definition) is 5. The Hall–Kier alpha value is -7.76. The van der Waals surface area contributed by atoms with Gasteiger partial charge in [-0.25, -0.2) is 0 Å². The summed E-state index contributed by atoms with van der Waals surface area (Å²) in [6, 6.07) is 63.9. The molecule has 0 radical (unpaired) electrons. The first kappa shape index (κ1) is 33.4. The van der Waals surface area contributed by atoms with Gasteiger partial charge >= 0.3 is 0 Å².